The number of hydrogen-bond donors (Lipinski definition) is 1. The first-order valence-electron chi connectivity index (χ1n) is 6.57. The zero-order valence-electron chi connectivity index (χ0n) is 11.8. The molecule has 2 aromatic rings. The van der Waals surface area contributed by atoms with Gasteiger partial charge in [0.1, 0.15) is 5.01 Å². The van der Waals surface area contributed by atoms with Gasteiger partial charge in [0, 0.05) is 10.2 Å². The third kappa shape index (κ3) is 5.09. The zero-order valence-corrected chi connectivity index (χ0v) is 15.0. The van der Waals surface area contributed by atoms with Crippen LogP contribution in [0.5, 0.6) is 0 Å². The number of anilines is 1. The van der Waals surface area contributed by atoms with Crippen LogP contribution in [0.25, 0.3) is 0 Å². The van der Waals surface area contributed by atoms with E-state index in [-0.39, 0.29) is 11.2 Å². The van der Waals surface area contributed by atoms with E-state index in [9.17, 15) is 4.79 Å². The highest BCUT2D eigenvalue weighted by Gasteiger charge is 2.15. The smallest absolute Gasteiger partial charge is 0.239 e. The van der Waals surface area contributed by atoms with Crippen LogP contribution < -0.4 is 5.32 Å². The SMILES string of the molecule is CCc1nnc(NC(=O)[C@H](C)SCc2ccc(Br)cc2)s1. The number of aromatic nitrogens is 2. The van der Waals surface area contributed by atoms with E-state index in [4.69, 9.17) is 0 Å². The van der Waals surface area contributed by atoms with Gasteiger partial charge in [0.05, 0.1) is 5.25 Å². The second-order valence-electron chi connectivity index (χ2n) is 4.42. The Bertz CT molecular complexity index is 601. The summed E-state index contributed by atoms with van der Waals surface area (Å²) in [6.45, 7) is 3.92. The van der Waals surface area contributed by atoms with E-state index in [1.165, 1.54) is 16.9 Å². The van der Waals surface area contributed by atoms with E-state index in [1.807, 2.05) is 26.0 Å². The molecular weight excluding hydrogens is 370 g/mol. The lowest BCUT2D eigenvalue weighted by atomic mass is 10.2. The van der Waals surface area contributed by atoms with E-state index in [2.05, 4.69) is 43.6 Å². The topological polar surface area (TPSA) is 54.9 Å². The molecule has 4 nitrogen and oxygen atoms in total. The highest BCUT2D eigenvalue weighted by atomic mass is 79.9. The molecule has 1 heterocycles. The average molecular weight is 386 g/mol. The minimum Gasteiger partial charge on any atom is -0.300 e. The van der Waals surface area contributed by atoms with Crippen molar-refractivity contribution in [3.8, 4) is 0 Å². The lowest BCUT2D eigenvalue weighted by molar-refractivity contribution is -0.115. The first-order chi connectivity index (χ1) is 10.1. The molecule has 0 aliphatic carbocycles. The number of nitrogens with zero attached hydrogens (tertiary/aromatic N) is 2. The van der Waals surface area contributed by atoms with Crippen molar-refractivity contribution in [2.45, 2.75) is 31.3 Å². The van der Waals surface area contributed by atoms with Gasteiger partial charge >= 0.3 is 0 Å². The lowest BCUT2D eigenvalue weighted by Crippen LogP contribution is -2.22. The Morgan fingerprint density at radius 1 is 1.38 bits per heavy atom. The van der Waals surface area contributed by atoms with Gasteiger partial charge in [0.2, 0.25) is 11.0 Å². The van der Waals surface area contributed by atoms with Crippen molar-refractivity contribution >= 4 is 50.1 Å². The molecule has 1 aromatic heterocycles. The Morgan fingerprint density at radius 3 is 2.71 bits per heavy atom. The predicted molar refractivity (Wildman–Crippen MR) is 92.8 cm³/mol. The Kier molecular flexibility index (Phi) is 6.20. The minimum absolute atomic E-state index is 0.0316. The maximum atomic E-state index is 12.1. The highest BCUT2D eigenvalue weighted by Crippen LogP contribution is 2.22. The molecule has 2 rings (SSSR count). The summed E-state index contributed by atoms with van der Waals surface area (Å²) in [5.41, 5.74) is 1.20. The summed E-state index contributed by atoms with van der Waals surface area (Å²) in [7, 11) is 0. The largest absolute Gasteiger partial charge is 0.300 e. The second-order valence-corrected chi connectivity index (χ2v) is 7.73. The summed E-state index contributed by atoms with van der Waals surface area (Å²) >= 11 is 6.44. The van der Waals surface area contributed by atoms with Crippen molar-refractivity contribution in [1.82, 2.24) is 10.2 Å². The minimum atomic E-state index is -0.136. The normalized spacial score (nSPS) is 12.1. The van der Waals surface area contributed by atoms with E-state index < -0.39 is 0 Å². The fraction of sp³-hybridized carbons (Fsp3) is 0.357. The first kappa shape index (κ1) is 16.5. The van der Waals surface area contributed by atoms with Crippen LogP contribution in [0.4, 0.5) is 5.13 Å². The number of benzene rings is 1. The summed E-state index contributed by atoms with van der Waals surface area (Å²) < 4.78 is 1.06. The molecule has 0 unspecified atom stereocenters. The van der Waals surface area contributed by atoms with Crippen LogP contribution in [-0.4, -0.2) is 21.4 Å². The molecule has 0 spiro atoms. The van der Waals surface area contributed by atoms with Gasteiger partial charge in [-0.3, -0.25) is 10.1 Å². The molecule has 0 saturated carbocycles. The Hall–Kier alpha value is -0.920. The average Bonchev–Trinajstić information content (AvgIpc) is 2.94. The molecule has 1 N–H and O–H groups in total. The predicted octanol–water partition coefficient (Wildman–Crippen LogP) is 4.12. The second kappa shape index (κ2) is 7.91. The van der Waals surface area contributed by atoms with Crippen molar-refractivity contribution in [3.63, 3.8) is 0 Å². The molecule has 0 fully saturated rings. The van der Waals surface area contributed by atoms with E-state index >= 15 is 0 Å². The Labute approximate surface area is 140 Å². The molecule has 1 aromatic carbocycles. The van der Waals surface area contributed by atoms with Crippen molar-refractivity contribution in [3.05, 3.63) is 39.3 Å². The van der Waals surface area contributed by atoms with Crippen LogP contribution >= 0.6 is 39.0 Å². The molecule has 112 valence electrons. The fourth-order valence-electron chi connectivity index (χ4n) is 1.53. The van der Waals surface area contributed by atoms with Crippen LogP contribution in [0, 0.1) is 0 Å². The molecule has 1 amide bonds. The zero-order chi connectivity index (χ0) is 15.2. The van der Waals surface area contributed by atoms with Gasteiger partial charge < -0.3 is 0 Å². The van der Waals surface area contributed by atoms with Crippen LogP contribution in [0.2, 0.25) is 0 Å². The number of nitrogens with one attached hydrogen (secondary N) is 1. The van der Waals surface area contributed by atoms with Crippen LogP contribution in [0.15, 0.2) is 28.7 Å². The number of aryl methyl sites for hydroxylation is 1. The summed E-state index contributed by atoms with van der Waals surface area (Å²) in [5.74, 6) is 0.772. The first-order valence-corrected chi connectivity index (χ1v) is 9.23. The van der Waals surface area contributed by atoms with Crippen LogP contribution in [0.3, 0.4) is 0 Å². The third-order valence-electron chi connectivity index (χ3n) is 2.78. The molecule has 0 bridgehead atoms. The van der Waals surface area contributed by atoms with Gasteiger partial charge in [-0.15, -0.1) is 22.0 Å². The Morgan fingerprint density at radius 2 is 2.10 bits per heavy atom. The van der Waals surface area contributed by atoms with Gasteiger partial charge in [-0.2, -0.15) is 0 Å². The van der Waals surface area contributed by atoms with Gasteiger partial charge in [-0.25, -0.2) is 0 Å². The number of amides is 1. The number of halogens is 1. The number of carbonyl (C=O) groups excluding carboxylic acids is 1. The molecule has 0 saturated heterocycles. The van der Waals surface area contributed by atoms with Crippen LogP contribution in [0.1, 0.15) is 24.4 Å². The number of hydrogen-bond acceptors (Lipinski definition) is 5. The highest BCUT2D eigenvalue weighted by molar-refractivity contribution is 9.10. The van der Waals surface area contributed by atoms with E-state index in [0.717, 1.165) is 21.7 Å². The number of rotatable bonds is 6. The monoisotopic (exact) mass is 385 g/mol. The summed E-state index contributed by atoms with van der Waals surface area (Å²) in [6.07, 6.45) is 0.835. The fourth-order valence-corrected chi connectivity index (χ4v) is 3.32. The molecule has 7 heteroatoms. The van der Waals surface area contributed by atoms with Gasteiger partial charge in [0.15, 0.2) is 0 Å². The van der Waals surface area contributed by atoms with Gasteiger partial charge in [0.25, 0.3) is 0 Å². The summed E-state index contributed by atoms with van der Waals surface area (Å²) in [5, 5.41) is 12.1. The number of carbonyl (C=O) groups is 1. The van der Waals surface area contributed by atoms with Crippen molar-refractivity contribution in [1.29, 1.82) is 0 Å². The van der Waals surface area contributed by atoms with Crippen molar-refractivity contribution < 1.29 is 4.79 Å². The van der Waals surface area contributed by atoms with Crippen LogP contribution in [-0.2, 0) is 17.0 Å². The molecular formula is C14H16BrN3OS2. The Balaban J connectivity index is 1.83. The lowest BCUT2D eigenvalue weighted by Gasteiger charge is -2.10. The maximum absolute atomic E-state index is 12.1. The summed E-state index contributed by atoms with van der Waals surface area (Å²) in [6, 6.07) is 8.13. The molecule has 0 radical (unpaired) electrons. The van der Waals surface area contributed by atoms with Crippen molar-refractivity contribution in [2.75, 3.05) is 5.32 Å². The summed E-state index contributed by atoms with van der Waals surface area (Å²) in [4.78, 5) is 12.1. The molecule has 0 aliphatic heterocycles. The third-order valence-corrected chi connectivity index (χ3v) is 5.51. The number of thioether (sulfide) groups is 1. The molecule has 0 aliphatic rings. The van der Waals surface area contributed by atoms with Gasteiger partial charge in [-0.1, -0.05) is 46.3 Å². The molecule has 1 atom stereocenters. The quantitative estimate of drug-likeness (QED) is 0.811. The van der Waals surface area contributed by atoms with Gasteiger partial charge in [-0.05, 0) is 31.0 Å². The maximum Gasteiger partial charge on any atom is 0.239 e. The molecule has 21 heavy (non-hydrogen) atoms. The standard InChI is InChI=1S/C14H16BrN3OS2/c1-3-12-17-18-14(21-12)16-13(19)9(2)20-8-10-4-6-11(15)7-5-10/h4-7,9H,3,8H2,1-2H3,(H,16,18,19)/t9-/m0/s1. The van der Waals surface area contributed by atoms with E-state index in [0.29, 0.717) is 5.13 Å². The van der Waals surface area contributed by atoms with E-state index in [1.54, 1.807) is 11.8 Å². The van der Waals surface area contributed by atoms with Crippen molar-refractivity contribution in [2.24, 2.45) is 0 Å².